The minimum absolute atomic E-state index is 0. The molecule has 0 bridgehead atoms. The summed E-state index contributed by atoms with van der Waals surface area (Å²) in [5.74, 6) is 2.16. The molecule has 0 saturated heterocycles. The Labute approximate surface area is 310 Å². The van der Waals surface area contributed by atoms with E-state index in [1.165, 1.54) is 33.5 Å². The molecule has 0 spiro atoms. The fourth-order valence-corrected chi connectivity index (χ4v) is 7.23. The molecule has 0 amide bonds. The van der Waals surface area contributed by atoms with Gasteiger partial charge in [0.2, 0.25) is 0 Å². The van der Waals surface area contributed by atoms with Crippen LogP contribution in [0.5, 0.6) is 11.5 Å². The fraction of sp³-hybridized carbons (Fsp3) is 0.273. The van der Waals surface area contributed by atoms with E-state index in [0.717, 1.165) is 83.1 Å². The van der Waals surface area contributed by atoms with E-state index in [9.17, 15) is 0 Å². The van der Waals surface area contributed by atoms with E-state index in [1.807, 2.05) is 18.3 Å². The van der Waals surface area contributed by atoms with Gasteiger partial charge in [-0.25, -0.2) is 4.98 Å². The van der Waals surface area contributed by atoms with E-state index < -0.39 is 0 Å². The van der Waals surface area contributed by atoms with E-state index in [-0.39, 0.29) is 20.4 Å². The van der Waals surface area contributed by atoms with Crippen molar-refractivity contribution in [2.45, 2.75) is 80.1 Å². The minimum atomic E-state index is 0. The van der Waals surface area contributed by atoms with Gasteiger partial charge in [-0.15, -0.1) is 35.7 Å². The number of benzene rings is 4. The van der Waals surface area contributed by atoms with Gasteiger partial charge in [0.25, 0.3) is 0 Å². The summed E-state index contributed by atoms with van der Waals surface area (Å²) in [5, 5.41) is 7.56. The molecule has 0 N–H and O–H groups in total. The van der Waals surface area contributed by atoms with Crippen molar-refractivity contribution in [1.82, 2.24) is 19.3 Å². The average Bonchev–Trinajstić information content (AvgIpc) is 3.60. The van der Waals surface area contributed by atoms with Gasteiger partial charge in [-0.2, -0.15) is 16.7 Å². The van der Waals surface area contributed by atoms with E-state index >= 15 is 0 Å². The molecule has 7 rings (SSSR count). The molecule has 4 aromatic carbocycles. The molecule has 5 nitrogen and oxygen atoms in total. The Morgan fingerprint density at radius 2 is 1.46 bits per heavy atom. The normalized spacial score (nSPS) is 11.3. The van der Waals surface area contributed by atoms with Crippen LogP contribution in [0, 0.1) is 32.9 Å². The number of aromatic nitrogens is 4. The van der Waals surface area contributed by atoms with Crippen LogP contribution >= 0.6 is 0 Å². The summed E-state index contributed by atoms with van der Waals surface area (Å²) in [6, 6.07) is 34.9. The zero-order valence-corrected chi connectivity index (χ0v) is 31.4. The van der Waals surface area contributed by atoms with Crippen molar-refractivity contribution in [3.05, 3.63) is 131 Å². The molecule has 3 heterocycles. The van der Waals surface area contributed by atoms with Crippen molar-refractivity contribution in [2.75, 3.05) is 0 Å². The number of pyridine rings is 1. The first-order chi connectivity index (χ1) is 23.9. The third kappa shape index (κ3) is 6.68. The van der Waals surface area contributed by atoms with Crippen LogP contribution in [0.2, 0.25) is 0 Å². The molecule has 256 valence electrons. The molecular weight excluding hydrogens is 707 g/mol. The van der Waals surface area contributed by atoms with Crippen molar-refractivity contribution >= 4 is 21.8 Å². The molecule has 3 aromatic heterocycles. The maximum atomic E-state index is 6.60. The summed E-state index contributed by atoms with van der Waals surface area (Å²) in [6.07, 6.45) is 7.88. The van der Waals surface area contributed by atoms with Crippen LogP contribution in [0.4, 0.5) is 0 Å². The van der Waals surface area contributed by atoms with Gasteiger partial charge in [-0.3, -0.25) is 4.68 Å². The number of ether oxygens (including phenoxy) is 1. The SMILES string of the molecule is CCCc1ccnc(-n2c3[c-]c(Oc4[c-]c(-n5nc(CCC)c(-c6c(C)cccc6C)c5CCC)cc(C)c4)ccc3c3ccccc32)c1.[Pd+2]. The number of hydrogen-bond acceptors (Lipinski definition) is 3. The fourth-order valence-electron chi connectivity index (χ4n) is 7.23. The van der Waals surface area contributed by atoms with Gasteiger partial charge in [0, 0.05) is 34.5 Å². The maximum Gasteiger partial charge on any atom is 2.00 e. The van der Waals surface area contributed by atoms with Crippen molar-refractivity contribution in [2.24, 2.45) is 0 Å². The van der Waals surface area contributed by atoms with Crippen LogP contribution in [0.3, 0.4) is 0 Å². The molecule has 50 heavy (non-hydrogen) atoms. The second kappa shape index (κ2) is 15.2. The number of aryl methyl sites for hydroxylation is 5. The molecular formula is C44H44N4OPd. The van der Waals surface area contributed by atoms with Gasteiger partial charge in [0.1, 0.15) is 5.82 Å². The molecule has 0 radical (unpaired) electrons. The zero-order chi connectivity index (χ0) is 34.1. The smallest absolute Gasteiger partial charge is 0.509 e. The predicted octanol–water partition coefficient (Wildman–Crippen LogP) is 11.2. The number of fused-ring (bicyclic) bond motifs is 3. The Hall–Kier alpha value is -4.50. The largest absolute Gasteiger partial charge is 2.00 e. The Bertz CT molecular complexity index is 2280. The quantitative estimate of drug-likeness (QED) is 0.0977. The van der Waals surface area contributed by atoms with Gasteiger partial charge in [-0.1, -0.05) is 88.9 Å². The monoisotopic (exact) mass is 750 g/mol. The summed E-state index contributed by atoms with van der Waals surface area (Å²) < 4.78 is 10.9. The third-order valence-corrected chi connectivity index (χ3v) is 9.32. The van der Waals surface area contributed by atoms with Gasteiger partial charge in [-0.05, 0) is 84.6 Å². The van der Waals surface area contributed by atoms with E-state index in [1.54, 1.807) is 0 Å². The van der Waals surface area contributed by atoms with Gasteiger partial charge >= 0.3 is 20.4 Å². The summed E-state index contributed by atoms with van der Waals surface area (Å²) in [4.78, 5) is 4.80. The Balaban J connectivity index is 0.00000432. The topological polar surface area (TPSA) is 44.9 Å². The molecule has 0 aliphatic carbocycles. The van der Waals surface area contributed by atoms with Gasteiger partial charge in [0.05, 0.1) is 5.69 Å². The summed E-state index contributed by atoms with van der Waals surface area (Å²) >= 11 is 0. The standard InChI is InChI=1S/C44H44N4O.Pd/c1-7-13-32-22-23-45-42(26-32)47-39-19-11-10-18-36(39)37-21-20-34(28-41(37)47)49-35-25-29(4)24-33(27-35)48-40(15-9-3)44(38(46-48)14-8-2)43-30(5)16-12-17-31(43)6;/h10-12,16-26H,7-9,13-15H2,1-6H3;/q-2;+2. The van der Waals surface area contributed by atoms with E-state index in [2.05, 4.69) is 130 Å². The van der Waals surface area contributed by atoms with Gasteiger partial charge < -0.3 is 9.30 Å². The number of nitrogens with zero attached hydrogens (tertiary/aromatic N) is 4. The molecule has 6 heteroatoms. The average molecular weight is 751 g/mol. The number of rotatable bonds is 11. The van der Waals surface area contributed by atoms with Crippen molar-refractivity contribution in [3.63, 3.8) is 0 Å². The summed E-state index contributed by atoms with van der Waals surface area (Å²) in [5.41, 5.74) is 12.8. The first kappa shape index (κ1) is 35.3. The second-order valence-corrected chi connectivity index (χ2v) is 13.2. The van der Waals surface area contributed by atoms with Crippen molar-refractivity contribution < 1.29 is 25.2 Å². The Morgan fingerprint density at radius 3 is 2.22 bits per heavy atom. The van der Waals surface area contributed by atoms with Crippen LogP contribution in [0.1, 0.15) is 73.7 Å². The molecule has 0 aliphatic rings. The zero-order valence-electron chi connectivity index (χ0n) is 29.8. The molecule has 0 saturated carbocycles. The first-order valence-electron chi connectivity index (χ1n) is 17.7. The summed E-state index contributed by atoms with van der Waals surface area (Å²) in [6.45, 7) is 13.2. The molecule has 0 unspecified atom stereocenters. The maximum absolute atomic E-state index is 6.60. The molecule has 0 aliphatic heterocycles. The van der Waals surface area contributed by atoms with Crippen LogP contribution < -0.4 is 4.74 Å². The molecule has 7 aromatic rings. The Kier molecular flexibility index (Phi) is 10.7. The van der Waals surface area contributed by atoms with E-state index in [4.69, 9.17) is 14.8 Å². The second-order valence-electron chi connectivity index (χ2n) is 13.2. The van der Waals surface area contributed by atoms with Gasteiger partial charge in [0.15, 0.2) is 0 Å². The molecule has 0 atom stereocenters. The van der Waals surface area contributed by atoms with Crippen molar-refractivity contribution in [3.8, 4) is 34.1 Å². The van der Waals surface area contributed by atoms with Crippen LogP contribution in [0.25, 0.3) is 44.4 Å². The predicted molar refractivity (Wildman–Crippen MR) is 202 cm³/mol. The molecule has 0 fully saturated rings. The third-order valence-electron chi connectivity index (χ3n) is 9.32. The number of para-hydroxylation sites is 1. The Morgan fingerprint density at radius 1 is 0.700 bits per heavy atom. The first-order valence-corrected chi connectivity index (χ1v) is 17.7. The van der Waals surface area contributed by atoms with Crippen LogP contribution in [-0.4, -0.2) is 19.3 Å². The van der Waals surface area contributed by atoms with Crippen molar-refractivity contribution in [1.29, 1.82) is 0 Å². The van der Waals surface area contributed by atoms with E-state index in [0.29, 0.717) is 11.5 Å². The summed E-state index contributed by atoms with van der Waals surface area (Å²) in [7, 11) is 0. The van der Waals surface area contributed by atoms with Crippen LogP contribution in [0.15, 0.2) is 85.1 Å². The number of hydrogen-bond donors (Lipinski definition) is 0. The minimum Gasteiger partial charge on any atom is -0.509 e. The van der Waals surface area contributed by atoms with Crippen LogP contribution in [-0.2, 0) is 39.7 Å².